The first kappa shape index (κ1) is 18.8. The molecule has 1 aliphatic rings. The zero-order chi connectivity index (χ0) is 19.6. The van der Waals surface area contributed by atoms with Crippen LogP contribution in [0.3, 0.4) is 0 Å². The average Bonchev–Trinajstić information content (AvgIpc) is 2.61. The van der Waals surface area contributed by atoms with Crippen LogP contribution in [-0.2, 0) is 9.53 Å². The van der Waals surface area contributed by atoms with Gasteiger partial charge in [0.15, 0.2) is 0 Å². The van der Waals surface area contributed by atoms with Gasteiger partial charge in [0.25, 0.3) is 5.91 Å². The lowest BCUT2D eigenvalue weighted by Crippen LogP contribution is -2.54. The molecule has 0 saturated heterocycles. The number of nitrogens with one attached hydrogen (secondary N) is 1. The number of anilines is 2. The largest absolute Gasteiger partial charge is 0.462 e. The second kappa shape index (κ2) is 7.34. The zero-order valence-electron chi connectivity index (χ0n) is 15.1. The van der Waals surface area contributed by atoms with E-state index in [1.165, 1.54) is 0 Å². The summed E-state index contributed by atoms with van der Waals surface area (Å²) >= 11 is 0. The minimum atomic E-state index is -0.965. The van der Waals surface area contributed by atoms with Crippen molar-refractivity contribution in [3.8, 4) is 0 Å². The molecule has 1 heterocycles. The van der Waals surface area contributed by atoms with Gasteiger partial charge in [0.1, 0.15) is 17.2 Å². The Balaban J connectivity index is 1.61. The fourth-order valence-electron chi connectivity index (χ4n) is 2.99. The summed E-state index contributed by atoms with van der Waals surface area (Å²) in [6.07, 6.45) is 0.380. The molecule has 0 aliphatic carbocycles. The highest BCUT2D eigenvalue weighted by molar-refractivity contribution is 6.07. The first-order chi connectivity index (χ1) is 12.8. The van der Waals surface area contributed by atoms with Gasteiger partial charge in [0.2, 0.25) is 0 Å². The predicted octanol–water partition coefficient (Wildman–Crippen LogP) is 3.75. The summed E-state index contributed by atoms with van der Waals surface area (Å²) in [5.74, 6) is -2.67. The van der Waals surface area contributed by atoms with Crippen molar-refractivity contribution in [1.82, 2.24) is 0 Å². The Morgan fingerprint density at radius 3 is 2.67 bits per heavy atom. The molecular formula is C20H20F2N2O3. The van der Waals surface area contributed by atoms with Crippen molar-refractivity contribution in [2.45, 2.75) is 25.8 Å². The van der Waals surface area contributed by atoms with Crippen molar-refractivity contribution >= 4 is 23.3 Å². The number of hydrogen-bond donors (Lipinski definition) is 1. The van der Waals surface area contributed by atoms with Crippen molar-refractivity contribution in [2.75, 3.05) is 23.4 Å². The maximum Gasteiger partial charge on any atom is 0.341 e. The van der Waals surface area contributed by atoms with Crippen LogP contribution in [0, 0.1) is 11.6 Å². The molecule has 5 nitrogen and oxygen atoms in total. The Bertz CT molecular complexity index is 883. The first-order valence-electron chi connectivity index (χ1n) is 8.61. The van der Waals surface area contributed by atoms with Crippen LogP contribution >= 0.6 is 0 Å². The van der Waals surface area contributed by atoms with Gasteiger partial charge in [0, 0.05) is 12.6 Å². The maximum absolute atomic E-state index is 13.6. The van der Waals surface area contributed by atoms with Crippen LogP contribution in [0.25, 0.3) is 0 Å². The number of hydrogen-bond acceptors (Lipinski definition) is 4. The van der Waals surface area contributed by atoms with E-state index in [0.717, 1.165) is 23.5 Å². The molecule has 0 saturated carbocycles. The number of nitrogens with zero attached hydrogens (tertiary/aromatic N) is 1. The summed E-state index contributed by atoms with van der Waals surface area (Å²) in [4.78, 5) is 26.3. The number of esters is 1. The molecule has 0 bridgehead atoms. The fraction of sp³-hybridized carbons (Fsp3) is 0.300. The summed E-state index contributed by atoms with van der Waals surface area (Å²) in [5, 5.41) is 3.21. The molecule has 27 heavy (non-hydrogen) atoms. The summed E-state index contributed by atoms with van der Waals surface area (Å²) in [5.41, 5.74) is 0.550. The van der Waals surface area contributed by atoms with Gasteiger partial charge >= 0.3 is 5.97 Å². The van der Waals surface area contributed by atoms with E-state index in [0.29, 0.717) is 19.0 Å². The number of carbonyl (C=O) groups is 2. The van der Waals surface area contributed by atoms with Crippen LogP contribution in [0.2, 0.25) is 0 Å². The van der Waals surface area contributed by atoms with Crippen molar-refractivity contribution in [3.05, 3.63) is 59.7 Å². The normalized spacial score (nSPS) is 15.1. The smallest absolute Gasteiger partial charge is 0.341 e. The molecule has 2 aromatic carbocycles. The number of amides is 1. The van der Waals surface area contributed by atoms with Crippen LogP contribution in [0.15, 0.2) is 42.5 Å². The molecular weight excluding hydrogens is 354 g/mol. The quantitative estimate of drug-likeness (QED) is 0.640. The number of fused-ring (bicyclic) bond motifs is 1. The van der Waals surface area contributed by atoms with E-state index in [-0.39, 0.29) is 18.1 Å². The molecule has 3 rings (SSSR count). The summed E-state index contributed by atoms with van der Waals surface area (Å²) in [7, 11) is 0. The van der Waals surface area contributed by atoms with Crippen LogP contribution in [0.5, 0.6) is 0 Å². The van der Waals surface area contributed by atoms with Crippen molar-refractivity contribution < 1.29 is 23.1 Å². The Labute approximate surface area is 155 Å². The zero-order valence-corrected chi connectivity index (χ0v) is 15.1. The van der Waals surface area contributed by atoms with Gasteiger partial charge in [-0.1, -0.05) is 12.1 Å². The lowest BCUT2D eigenvalue weighted by molar-refractivity contribution is -0.122. The number of ether oxygens (including phenoxy) is 1. The van der Waals surface area contributed by atoms with E-state index in [1.807, 2.05) is 24.3 Å². The third-order valence-corrected chi connectivity index (χ3v) is 4.33. The van der Waals surface area contributed by atoms with E-state index in [1.54, 1.807) is 18.7 Å². The molecule has 142 valence electrons. The van der Waals surface area contributed by atoms with Crippen LogP contribution in [0.1, 0.15) is 30.6 Å². The Morgan fingerprint density at radius 1 is 1.19 bits per heavy atom. The van der Waals surface area contributed by atoms with Crippen molar-refractivity contribution in [3.63, 3.8) is 0 Å². The summed E-state index contributed by atoms with van der Waals surface area (Å²) in [6, 6.07) is 10.1. The van der Waals surface area contributed by atoms with E-state index in [2.05, 4.69) is 5.32 Å². The topological polar surface area (TPSA) is 58.6 Å². The minimum absolute atomic E-state index is 0.00938. The van der Waals surface area contributed by atoms with Gasteiger partial charge in [-0.3, -0.25) is 4.79 Å². The lowest BCUT2D eigenvalue weighted by Gasteiger charge is -2.40. The number of benzene rings is 2. The fourth-order valence-corrected chi connectivity index (χ4v) is 2.99. The van der Waals surface area contributed by atoms with Crippen LogP contribution in [-0.4, -0.2) is 30.6 Å². The van der Waals surface area contributed by atoms with E-state index < -0.39 is 23.1 Å². The number of halogens is 2. The van der Waals surface area contributed by atoms with E-state index >= 15 is 0 Å². The highest BCUT2D eigenvalue weighted by atomic mass is 19.1. The average molecular weight is 374 g/mol. The molecule has 1 aliphatic heterocycles. The molecule has 0 aromatic heterocycles. The molecule has 0 unspecified atom stereocenters. The van der Waals surface area contributed by atoms with E-state index in [4.69, 9.17) is 4.74 Å². The third kappa shape index (κ3) is 3.92. The molecule has 0 fully saturated rings. The first-order valence-corrected chi connectivity index (χ1v) is 8.61. The molecule has 0 spiro atoms. The second-order valence-corrected chi connectivity index (χ2v) is 6.84. The molecule has 0 radical (unpaired) electrons. The molecule has 2 aromatic rings. The standard InChI is InChI=1S/C20H20F2N2O3/c1-20(2)19(26)24(17-7-4-3-6-16(17)23-20)10-5-11-27-18(25)14-9-8-13(21)12-15(14)22/h3-4,6-9,12,23H,5,10-11H2,1-2H3. The van der Waals surface area contributed by atoms with Gasteiger partial charge in [-0.05, 0) is 44.5 Å². The monoisotopic (exact) mass is 374 g/mol. The third-order valence-electron chi connectivity index (χ3n) is 4.33. The van der Waals surface area contributed by atoms with Crippen LogP contribution < -0.4 is 10.2 Å². The van der Waals surface area contributed by atoms with Gasteiger partial charge in [-0.2, -0.15) is 0 Å². The number of para-hydroxylation sites is 2. The Kier molecular flexibility index (Phi) is 5.12. The molecule has 1 N–H and O–H groups in total. The Hall–Kier alpha value is -2.96. The van der Waals surface area contributed by atoms with Crippen LogP contribution in [0.4, 0.5) is 20.2 Å². The molecule has 7 heteroatoms. The molecule has 0 atom stereocenters. The van der Waals surface area contributed by atoms with Gasteiger partial charge in [0.05, 0.1) is 23.5 Å². The second-order valence-electron chi connectivity index (χ2n) is 6.84. The van der Waals surface area contributed by atoms with Gasteiger partial charge < -0.3 is 15.0 Å². The summed E-state index contributed by atoms with van der Waals surface area (Å²) < 4.78 is 31.6. The highest BCUT2D eigenvalue weighted by Crippen LogP contribution is 2.34. The number of rotatable bonds is 5. The predicted molar refractivity (Wildman–Crippen MR) is 97.8 cm³/mol. The lowest BCUT2D eigenvalue weighted by atomic mass is 9.98. The van der Waals surface area contributed by atoms with E-state index in [9.17, 15) is 18.4 Å². The maximum atomic E-state index is 13.6. The van der Waals surface area contributed by atoms with Gasteiger partial charge in [-0.25, -0.2) is 13.6 Å². The molecule has 1 amide bonds. The summed E-state index contributed by atoms with van der Waals surface area (Å²) in [6.45, 7) is 3.96. The minimum Gasteiger partial charge on any atom is -0.462 e. The van der Waals surface area contributed by atoms with Crippen molar-refractivity contribution in [2.24, 2.45) is 0 Å². The van der Waals surface area contributed by atoms with Gasteiger partial charge in [-0.15, -0.1) is 0 Å². The SMILES string of the molecule is CC1(C)Nc2ccccc2N(CCCOC(=O)c2ccc(F)cc2F)C1=O. The number of carbonyl (C=O) groups excluding carboxylic acids is 2. The highest BCUT2D eigenvalue weighted by Gasteiger charge is 2.38. The van der Waals surface area contributed by atoms with Crippen molar-refractivity contribution in [1.29, 1.82) is 0 Å². The Morgan fingerprint density at radius 2 is 1.93 bits per heavy atom.